The molecule has 2 aromatic heterocycles. The molecular formula is C47H57Cl2N15O6S. The summed E-state index contributed by atoms with van der Waals surface area (Å²) in [6, 6.07) is 23.4. The van der Waals surface area contributed by atoms with E-state index in [-0.39, 0.29) is 76.8 Å². The Kier molecular flexibility index (Phi) is 20.9. The zero-order chi connectivity index (χ0) is 51.1. The van der Waals surface area contributed by atoms with E-state index < -0.39 is 35.7 Å². The molecule has 21 nitrogen and oxygen atoms in total. The number of hydrogen-bond donors (Lipinski definition) is 11. The van der Waals surface area contributed by atoms with Crippen molar-refractivity contribution in [1.82, 2.24) is 30.6 Å². The van der Waals surface area contributed by atoms with Crippen molar-refractivity contribution >= 4 is 117 Å². The van der Waals surface area contributed by atoms with Gasteiger partial charge in [0.25, 0.3) is 11.8 Å². The average Bonchev–Trinajstić information content (AvgIpc) is 3.31. The number of halogens is 2. The lowest BCUT2D eigenvalue weighted by molar-refractivity contribution is -0.141. The van der Waals surface area contributed by atoms with Crippen LogP contribution in [0, 0.1) is 5.92 Å². The fourth-order valence-electron chi connectivity index (χ4n) is 6.96. The van der Waals surface area contributed by atoms with Crippen LogP contribution in [0.4, 0.5) is 23.3 Å². The van der Waals surface area contributed by atoms with Crippen molar-refractivity contribution in [2.45, 2.75) is 64.3 Å². The molecule has 0 bridgehead atoms. The molecule has 0 aliphatic heterocycles. The van der Waals surface area contributed by atoms with Crippen LogP contribution in [-0.4, -0.2) is 85.0 Å². The Morgan fingerprint density at radius 2 is 0.930 bits per heavy atom. The number of anilines is 4. The van der Waals surface area contributed by atoms with Gasteiger partial charge in [0, 0.05) is 13.1 Å². The van der Waals surface area contributed by atoms with Gasteiger partial charge in [0.05, 0.1) is 5.92 Å². The number of aryl methyl sites for hydroxylation is 2. The van der Waals surface area contributed by atoms with Crippen LogP contribution in [0.3, 0.4) is 0 Å². The van der Waals surface area contributed by atoms with Crippen LogP contribution in [0.15, 0.2) is 82.8 Å². The summed E-state index contributed by atoms with van der Waals surface area (Å²) in [4.78, 5) is 70.0. The lowest BCUT2D eigenvalue weighted by Gasteiger charge is -2.09. The lowest BCUT2D eigenvalue weighted by atomic mass is 9.97. The molecule has 0 aliphatic carbocycles. The van der Waals surface area contributed by atoms with Gasteiger partial charge in [0.15, 0.2) is 56.9 Å². The van der Waals surface area contributed by atoms with E-state index in [1.54, 1.807) is 6.92 Å². The molecule has 71 heavy (non-hydrogen) atoms. The predicted molar refractivity (Wildman–Crippen MR) is 284 cm³/mol. The zero-order valence-corrected chi connectivity index (χ0v) is 41.2. The zero-order valence-electron chi connectivity index (χ0n) is 38.7. The van der Waals surface area contributed by atoms with E-state index in [2.05, 4.69) is 64.8 Å². The molecule has 2 heterocycles. The van der Waals surface area contributed by atoms with Crippen molar-refractivity contribution in [3.63, 3.8) is 0 Å². The number of guanidine groups is 2. The first-order valence-electron chi connectivity index (χ1n) is 21.9. The van der Waals surface area contributed by atoms with E-state index >= 15 is 0 Å². The number of nitrogens with two attached hydrogens (primary N) is 7. The van der Waals surface area contributed by atoms with Crippen LogP contribution in [0.2, 0.25) is 10.3 Å². The third kappa shape index (κ3) is 16.8. The number of fused-ring (bicyclic) bond motifs is 2. The van der Waals surface area contributed by atoms with E-state index in [0.29, 0.717) is 19.5 Å². The molecule has 4 aromatic carbocycles. The molecule has 0 saturated heterocycles. The summed E-state index contributed by atoms with van der Waals surface area (Å²) in [6.07, 6.45) is 5.79. The van der Waals surface area contributed by atoms with Crippen LogP contribution < -0.4 is 50.8 Å². The number of amides is 2. The molecule has 0 fully saturated rings. The van der Waals surface area contributed by atoms with Crippen LogP contribution in [0.5, 0.6) is 0 Å². The Morgan fingerprint density at radius 1 is 0.563 bits per heavy atom. The second-order valence-electron chi connectivity index (χ2n) is 16.2. The predicted octanol–water partition coefficient (Wildman–Crippen LogP) is 4.36. The molecular weight excluding hydrogens is 974 g/mol. The number of carbonyl (C=O) groups is 4. The highest BCUT2D eigenvalue weighted by Crippen LogP contribution is 2.23. The Bertz CT molecular complexity index is 2760. The van der Waals surface area contributed by atoms with Gasteiger partial charge >= 0.3 is 11.9 Å². The maximum Gasteiger partial charge on any atom is 0.320 e. The third-order valence-corrected chi connectivity index (χ3v) is 11.3. The van der Waals surface area contributed by atoms with E-state index in [1.165, 1.54) is 11.1 Å². The summed E-state index contributed by atoms with van der Waals surface area (Å²) in [5, 5.41) is 27.0. The molecule has 2 amide bonds. The van der Waals surface area contributed by atoms with Gasteiger partial charge < -0.3 is 50.3 Å². The second kappa shape index (κ2) is 26.4. The van der Waals surface area contributed by atoms with Crippen molar-refractivity contribution in [3.05, 3.63) is 117 Å². The minimum absolute atomic E-state index is 0. The summed E-state index contributed by atoms with van der Waals surface area (Å²) in [7, 11) is 0. The summed E-state index contributed by atoms with van der Waals surface area (Å²) in [5.41, 5.74) is 43.4. The fourth-order valence-corrected chi connectivity index (χ4v) is 7.22. The highest BCUT2D eigenvalue weighted by molar-refractivity contribution is 7.59. The minimum Gasteiger partial charge on any atom is -0.481 e. The molecule has 0 saturated carbocycles. The summed E-state index contributed by atoms with van der Waals surface area (Å²) >= 11 is 11.6. The number of rotatable bonds is 18. The number of aliphatic imine (C=N–C) groups is 2. The average molecular weight is 1030 g/mol. The number of aliphatic carboxylic acids is 2. The lowest BCUT2D eigenvalue weighted by Crippen LogP contribution is -2.38. The van der Waals surface area contributed by atoms with E-state index in [9.17, 15) is 19.2 Å². The van der Waals surface area contributed by atoms with Gasteiger partial charge in [-0.25, -0.2) is 19.9 Å². The van der Waals surface area contributed by atoms with Gasteiger partial charge in [-0.15, -0.1) is 0 Å². The number of hydrogen-bond acceptors (Lipinski definition) is 15. The molecule has 2 atom stereocenters. The Hall–Kier alpha value is -7.53. The number of unbranched alkanes of at least 4 members (excludes halogenated alkanes) is 2. The largest absolute Gasteiger partial charge is 0.481 e. The van der Waals surface area contributed by atoms with Gasteiger partial charge in [-0.2, -0.15) is 13.5 Å². The topological polar surface area (TPSA) is 391 Å². The number of carboxylic acids is 2. The normalized spacial score (nSPS) is 12.3. The smallest absolute Gasteiger partial charge is 0.320 e. The van der Waals surface area contributed by atoms with Gasteiger partial charge in [0.2, 0.25) is 0 Å². The number of nitrogen functional groups attached to an aromatic ring is 4. The maximum absolute atomic E-state index is 12.2. The molecule has 0 aliphatic rings. The van der Waals surface area contributed by atoms with Crippen molar-refractivity contribution in [1.29, 1.82) is 0 Å². The molecule has 6 rings (SSSR count). The number of nitrogens with zero attached hydrogens (tertiary/aromatic N) is 6. The molecule has 0 unspecified atom stereocenters. The quantitative estimate of drug-likeness (QED) is 0.0323. The van der Waals surface area contributed by atoms with E-state index in [4.69, 9.17) is 73.6 Å². The SMILES string of the molecule is C[C@@H](Cc1ccc2cc(CCCCN=C(N)NC(=O)c3nc(Cl)c(N)nc3N)ccc2c1)C(=O)O.NC(=NCCCCc1ccc2cc(C[C@H](N)C(=O)O)ccc2c1)NC(=O)c1nc(Cl)c(N)nc1N.S. The molecule has 6 aromatic rings. The van der Waals surface area contributed by atoms with E-state index in [1.807, 2.05) is 48.5 Å². The fraction of sp³-hybridized carbons (Fsp3) is 0.277. The van der Waals surface area contributed by atoms with Crippen LogP contribution in [0.25, 0.3) is 21.5 Å². The number of carbonyl (C=O) groups excluding carboxylic acids is 2. The van der Waals surface area contributed by atoms with Gasteiger partial charge in [0.1, 0.15) is 6.04 Å². The van der Waals surface area contributed by atoms with Crippen molar-refractivity contribution in [3.8, 4) is 0 Å². The molecule has 376 valence electrons. The molecule has 0 spiro atoms. The second-order valence-corrected chi connectivity index (χ2v) is 17.0. The Morgan fingerprint density at radius 3 is 1.31 bits per heavy atom. The number of nitrogens with one attached hydrogen (secondary N) is 2. The van der Waals surface area contributed by atoms with E-state index in [0.717, 1.165) is 71.2 Å². The first-order valence-corrected chi connectivity index (χ1v) is 22.7. The molecule has 18 N–H and O–H groups in total. The van der Waals surface area contributed by atoms with Gasteiger partial charge in [-0.1, -0.05) is 103 Å². The first kappa shape index (κ1) is 56.1. The van der Waals surface area contributed by atoms with Crippen LogP contribution >= 0.6 is 36.7 Å². The Balaban J connectivity index is 0.000000304. The van der Waals surface area contributed by atoms with Crippen molar-refractivity contribution in [2.24, 2.45) is 33.1 Å². The summed E-state index contributed by atoms with van der Waals surface area (Å²) < 4.78 is 0. The monoisotopic (exact) mass is 1030 g/mol. The van der Waals surface area contributed by atoms with Crippen LogP contribution in [0.1, 0.15) is 75.8 Å². The number of benzene rings is 4. The highest BCUT2D eigenvalue weighted by atomic mass is 35.5. The summed E-state index contributed by atoms with van der Waals surface area (Å²) in [5.74, 6) is -4.14. The standard InChI is InChI=1S/C24H28ClN7O3.C23H27ClN8O3.H2S/c1-13(23(34)35)10-15-6-8-16-11-14(5-7-17(16)12-15)4-2-3-9-29-24(28)32-22(33)18-20(26)31-21(27)19(25)30-18;24-18-20(27)31-19(26)17(30-18)21(33)32-23(28)29-8-2-1-3-12-4-6-15-10-13(5-7-14(15)9-12)11-16(25)22(34)35;/h5-8,11-13H,2-4,9-10H2,1H3,(H,34,35)(H4,26,27,31)(H3,28,29,32,33);4-7,9-10,16H,1-3,8,11,25H2,(H,34,35)(H4,26,27,31)(H3,28,29,32,33);1H2/t13-;16-;/m00./s1. The highest BCUT2D eigenvalue weighted by Gasteiger charge is 2.19. The number of carboxylic acid groups (broad SMARTS) is 2. The number of aromatic nitrogens is 4. The van der Waals surface area contributed by atoms with Gasteiger partial charge in [-0.05, 0) is 95.2 Å². The summed E-state index contributed by atoms with van der Waals surface area (Å²) in [6.45, 7) is 2.58. The molecule has 0 radical (unpaired) electrons. The van der Waals surface area contributed by atoms with Crippen molar-refractivity contribution < 1.29 is 29.4 Å². The van der Waals surface area contributed by atoms with Gasteiger partial charge in [-0.3, -0.25) is 39.8 Å². The minimum atomic E-state index is -1.01. The van der Waals surface area contributed by atoms with Crippen LogP contribution in [-0.2, 0) is 35.3 Å². The third-order valence-electron chi connectivity index (χ3n) is 10.7. The maximum atomic E-state index is 12.2. The first-order chi connectivity index (χ1) is 33.3. The van der Waals surface area contributed by atoms with Crippen molar-refractivity contribution in [2.75, 3.05) is 36.0 Å². The molecule has 24 heteroatoms. The Labute approximate surface area is 425 Å².